The van der Waals surface area contributed by atoms with Gasteiger partial charge >= 0.3 is 0 Å². The highest BCUT2D eigenvalue weighted by molar-refractivity contribution is 9.09. The fourth-order valence-corrected chi connectivity index (χ4v) is 7.94. The van der Waals surface area contributed by atoms with Gasteiger partial charge in [-0.3, -0.25) is 9.80 Å². The Bertz CT molecular complexity index is 2400. The van der Waals surface area contributed by atoms with Gasteiger partial charge in [0, 0.05) is 70.8 Å². The number of nitriles is 1. The Kier molecular flexibility index (Phi) is 25.3. The molecule has 2 aliphatic heterocycles. The normalized spacial score (nSPS) is 14.7. The van der Waals surface area contributed by atoms with Crippen molar-refractivity contribution in [3.05, 3.63) is 209 Å². The van der Waals surface area contributed by atoms with E-state index in [0.29, 0.717) is 61.9 Å². The highest BCUT2D eigenvalue weighted by Crippen LogP contribution is 2.21. The molecule has 3 atom stereocenters. The number of ether oxygens (including phenoxy) is 6. The van der Waals surface area contributed by atoms with Crippen molar-refractivity contribution >= 4 is 27.3 Å². The van der Waals surface area contributed by atoms with Crippen LogP contribution in [0.5, 0.6) is 17.2 Å². The molecule has 6 aromatic rings. The summed E-state index contributed by atoms with van der Waals surface area (Å²) in [7, 11) is 0. The lowest BCUT2D eigenvalue weighted by Crippen LogP contribution is -2.51. The van der Waals surface area contributed by atoms with Gasteiger partial charge in [0.25, 0.3) is 0 Å². The molecule has 0 aromatic heterocycles. The maximum atomic E-state index is 9.10. The van der Waals surface area contributed by atoms with Crippen molar-refractivity contribution < 1.29 is 28.4 Å². The molecule has 0 aliphatic carbocycles. The van der Waals surface area contributed by atoms with Crippen molar-refractivity contribution in [3.8, 4) is 23.3 Å². The molecular formula is C59H66BrN7O6. The standard InChI is InChI=1S/C38H40N4O4.C17H16BrNO2.C4H10N2/c1-40-34-14-18-36(19-15-34)46-30-38(44-28-33-10-6-3-7-11-33)26-42-22-20-41(21-23-42)25-37(43-27-32-8-4-2-5-9-32)29-45-35-16-12-31(24-39)13-17-35;1-19-15-7-9-16(10-8-15)21-13-17(11-18)20-12-14-5-3-2-4-6-14;1-2-6-4-3-5-1/h2-19,37-38H,20-23,25-30H2;2-10,17H,11-13H2;5-6H,1-4H2. The smallest absolute Gasteiger partial charge is 0.187 e. The third-order valence-corrected chi connectivity index (χ3v) is 12.4. The highest BCUT2D eigenvalue weighted by Gasteiger charge is 2.24. The second-order valence-electron chi connectivity index (χ2n) is 17.3. The first-order valence-electron chi connectivity index (χ1n) is 24.7. The Morgan fingerprint density at radius 1 is 0.479 bits per heavy atom. The van der Waals surface area contributed by atoms with E-state index in [9.17, 15) is 0 Å². The van der Waals surface area contributed by atoms with Gasteiger partial charge in [-0.1, -0.05) is 131 Å². The summed E-state index contributed by atoms with van der Waals surface area (Å²) in [6, 6.07) is 54.1. The van der Waals surface area contributed by atoms with E-state index in [0.717, 1.165) is 99.4 Å². The second kappa shape index (κ2) is 33.2. The van der Waals surface area contributed by atoms with Crippen molar-refractivity contribution in [1.82, 2.24) is 20.4 Å². The summed E-state index contributed by atoms with van der Waals surface area (Å²) in [6.07, 6.45) is -0.257. The largest absolute Gasteiger partial charge is 0.491 e. The molecule has 2 aliphatic rings. The summed E-state index contributed by atoms with van der Waals surface area (Å²) >= 11 is 3.44. The fourth-order valence-electron chi connectivity index (χ4n) is 7.57. The van der Waals surface area contributed by atoms with E-state index in [2.05, 4.69) is 76.4 Å². The molecule has 0 saturated carbocycles. The average Bonchev–Trinajstić information content (AvgIpc) is 3.47. The zero-order valence-electron chi connectivity index (χ0n) is 41.4. The lowest BCUT2D eigenvalue weighted by Gasteiger charge is -2.37. The van der Waals surface area contributed by atoms with Crippen LogP contribution in [-0.2, 0) is 34.0 Å². The molecular weight excluding hydrogens is 983 g/mol. The summed E-state index contributed by atoms with van der Waals surface area (Å²) in [5.74, 6) is 2.20. The average molecular weight is 1050 g/mol. The summed E-state index contributed by atoms with van der Waals surface area (Å²) < 4.78 is 36.4. The number of halogens is 1. The van der Waals surface area contributed by atoms with Crippen LogP contribution in [0.1, 0.15) is 22.3 Å². The molecule has 3 unspecified atom stereocenters. The lowest BCUT2D eigenvalue weighted by molar-refractivity contribution is -0.0345. The maximum Gasteiger partial charge on any atom is 0.187 e. The maximum absolute atomic E-state index is 9.10. The molecule has 73 heavy (non-hydrogen) atoms. The summed E-state index contributed by atoms with van der Waals surface area (Å²) in [5.41, 5.74) is 5.21. The number of nitrogens with zero attached hydrogens (tertiary/aromatic N) is 5. The molecule has 8 rings (SSSR count). The molecule has 2 fully saturated rings. The van der Waals surface area contributed by atoms with E-state index in [1.807, 2.05) is 91.0 Å². The summed E-state index contributed by atoms with van der Waals surface area (Å²) in [6.45, 7) is 26.7. The van der Waals surface area contributed by atoms with E-state index in [1.54, 1.807) is 48.5 Å². The highest BCUT2D eigenvalue weighted by atomic mass is 79.9. The molecule has 0 radical (unpaired) electrons. The van der Waals surface area contributed by atoms with Crippen LogP contribution in [0.25, 0.3) is 9.69 Å². The van der Waals surface area contributed by atoms with Gasteiger partial charge in [-0.2, -0.15) is 5.26 Å². The van der Waals surface area contributed by atoms with Gasteiger partial charge < -0.3 is 39.1 Å². The SMILES string of the molecule is C1CNCCN1.[C-]#[N+]c1ccc(OCC(CBr)OCc2ccccc2)cc1.[C-]#[N+]c1ccc(OCC(CN2CCN(CC(COc3ccc(C#N)cc3)OCc3ccccc3)CC2)OCc2ccccc2)cc1. The van der Waals surface area contributed by atoms with Crippen molar-refractivity contribution in [3.63, 3.8) is 0 Å². The van der Waals surface area contributed by atoms with E-state index in [-0.39, 0.29) is 18.3 Å². The van der Waals surface area contributed by atoms with Gasteiger partial charge in [-0.05, 0) is 65.2 Å². The number of alkyl halides is 1. The van der Waals surface area contributed by atoms with Crippen molar-refractivity contribution in [2.24, 2.45) is 0 Å². The minimum Gasteiger partial charge on any atom is -0.491 e. The molecule has 2 N–H and O–H groups in total. The van der Waals surface area contributed by atoms with Crippen molar-refractivity contribution in [2.75, 3.05) is 90.6 Å². The summed E-state index contributed by atoms with van der Waals surface area (Å²) in [5, 5.41) is 16.2. The molecule has 2 heterocycles. The molecule has 14 heteroatoms. The fraction of sp³-hybridized carbons (Fsp3) is 0.339. The van der Waals surface area contributed by atoms with E-state index < -0.39 is 0 Å². The van der Waals surface area contributed by atoms with E-state index in [1.165, 1.54) is 0 Å². The quantitative estimate of drug-likeness (QED) is 0.0472. The number of rotatable bonds is 23. The molecule has 13 nitrogen and oxygen atoms in total. The minimum atomic E-state index is -0.119. The lowest BCUT2D eigenvalue weighted by atomic mass is 10.2. The van der Waals surface area contributed by atoms with Crippen LogP contribution in [0.4, 0.5) is 11.4 Å². The van der Waals surface area contributed by atoms with Gasteiger partial charge in [0.15, 0.2) is 11.4 Å². The Morgan fingerprint density at radius 3 is 1.12 bits per heavy atom. The minimum absolute atomic E-state index is 0.0225. The van der Waals surface area contributed by atoms with Gasteiger partial charge in [0.1, 0.15) is 55.4 Å². The number of hydrogen-bond acceptors (Lipinski definition) is 11. The van der Waals surface area contributed by atoms with Gasteiger partial charge in [0.2, 0.25) is 0 Å². The molecule has 0 bridgehead atoms. The van der Waals surface area contributed by atoms with Gasteiger partial charge in [-0.25, -0.2) is 9.69 Å². The van der Waals surface area contributed by atoms with Crippen LogP contribution in [0.3, 0.4) is 0 Å². The topological polar surface area (TPSA) is 118 Å². The van der Waals surface area contributed by atoms with E-state index >= 15 is 0 Å². The Balaban J connectivity index is 0.000000263. The first-order valence-corrected chi connectivity index (χ1v) is 25.8. The molecule has 2 saturated heterocycles. The molecule has 0 amide bonds. The monoisotopic (exact) mass is 1050 g/mol. The number of nitrogens with one attached hydrogen (secondary N) is 2. The number of piperazine rings is 2. The van der Waals surface area contributed by atoms with Crippen molar-refractivity contribution in [2.45, 2.75) is 38.1 Å². The summed E-state index contributed by atoms with van der Waals surface area (Å²) in [4.78, 5) is 11.7. The van der Waals surface area contributed by atoms with Gasteiger partial charge in [0.05, 0.1) is 44.6 Å². The van der Waals surface area contributed by atoms with Crippen LogP contribution in [0, 0.1) is 24.5 Å². The zero-order valence-corrected chi connectivity index (χ0v) is 43.0. The van der Waals surface area contributed by atoms with E-state index in [4.69, 9.17) is 46.8 Å². The predicted octanol–water partition coefficient (Wildman–Crippen LogP) is 10.1. The zero-order chi connectivity index (χ0) is 51.0. The first kappa shape index (κ1) is 55.7. The molecule has 380 valence electrons. The van der Waals surface area contributed by atoms with Crippen LogP contribution < -0.4 is 24.8 Å². The van der Waals surface area contributed by atoms with Crippen LogP contribution in [0.2, 0.25) is 0 Å². The Hall–Kier alpha value is -6.61. The van der Waals surface area contributed by atoms with Gasteiger partial charge in [-0.15, -0.1) is 0 Å². The molecule has 0 spiro atoms. The Labute approximate surface area is 440 Å². The number of hydrogen-bond donors (Lipinski definition) is 2. The first-order chi connectivity index (χ1) is 36.0. The predicted molar refractivity (Wildman–Crippen MR) is 291 cm³/mol. The van der Waals surface area contributed by atoms with Crippen LogP contribution in [0.15, 0.2) is 164 Å². The third kappa shape index (κ3) is 22.0. The molecule has 6 aromatic carbocycles. The number of benzene rings is 6. The second-order valence-corrected chi connectivity index (χ2v) is 17.9. The van der Waals surface area contributed by atoms with Crippen LogP contribution >= 0.6 is 15.9 Å². The Morgan fingerprint density at radius 2 is 0.808 bits per heavy atom. The van der Waals surface area contributed by atoms with Crippen LogP contribution in [-0.4, -0.2) is 119 Å². The van der Waals surface area contributed by atoms with Crippen molar-refractivity contribution in [1.29, 1.82) is 5.26 Å². The third-order valence-electron chi connectivity index (χ3n) is 11.7.